The molecule has 0 aromatic heterocycles. The first-order valence-corrected chi connectivity index (χ1v) is 73.5. The Hall–Kier alpha value is -8.95. The molecule has 0 bridgehead atoms. The fourth-order valence-electron chi connectivity index (χ4n) is 25.0. The SMILES string of the molecule is CCC[CH2][Sn]([CH2]CCC)[CH2]CCC.CCC[CH2][Sn]([CH2]CCC)[CH2]CCC.CCC[CH2][Sn]1([CH2]CCC)[c]2cc3c4c(ccc5c6ccc7c8c(c[c]1c(c2c45)c86)C(=O)N(c1cccc2c1C=CC2)C7=O)C(=O)N(c1cccc2c1C=CC2)C3=O.O=C1c2ccc3c4ccc5c6c(cc(Br)c(c7ccc(c2c37)C(=O)N1c1cccc2c1C=CC2)c64)C(=O)N(c1cccc2c1C=CC2)C5=O.[B][B]B([B])B(B([B])[B])B(B([B])[B])B([B])[B]. The molecule has 0 spiro atoms. The van der Waals surface area contributed by atoms with E-state index in [1.807, 2.05) is 146 Å². The second-order valence-corrected chi connectivity index (χ2v) is 71.5. The van der Waals surface area contributed by atoms with Crippen LogP contribution in [0.15, 0.2) is 180 Å². The number of fused-ring (bicyclic) bond motifs is 7. The average molecular weight is 2290 g/mol. The molecule has 709 valence electrons. The van der Waals surface area contributed by atoms with E-state index in [1.54, 1.807) is 32.7 Å². The van der Waals surface area contributed by atoms with Gasteiger partial charge < -0.3 is 0 Å². The van der Waals surface area contributed by atoms with Crippen molar-refractivity contribution in [2.45, 2.75) is 219 Å². The molecule has 147 heavy (non-hydrogen) atoms. The van der Waals surface area contributed by atoms with Crippen LogP contribution in [0.5, 0.6) is 0 Å². The minimum atomic E-state index is -3.79. The Balaban J connectivity index is 0.000000136. The number of anilines is 4. The molecule has 5 aliphatic heterocycles. The van der Waals surface area contributed by atoms with Gasteiger partial charge in [0.1, 0.15) is 0 Å². The van der Waals surface area contributed by atoms with Crippen molar-refractivity contribution < 1.29 is 38.4 Å². The number of imide groups is 4. The summed E-state index contributed by atoms with van der Waals surface area (Å²) in [5.74, 6) is -2.58. The third kappa shape index (κ3) is 18.9. The molecule has 5 heterocycles. The standard InChI is InChI=1S/C42H21BrN2O4.C42H20N2O4.8C4H9.B15.3Sn/c43-31-19-30-36-29(41(48)45(42(30)49)33-12-4-8-21-6-2-10-23(21)33)17-14-25-24-13-16-27-35-28(18-15-26(34(24)35)37(31)38(25)36)40(47)44(39(27)46)32-11-3-7-20-5-1-9-22(20)32;45-39-29-17-13-25-27-15-19-31-38-32(42(48)44(41(31)47)34-12-4-8-22-6-2-10-24(22)34)20-16-28(36(27)38)26-14-18-30(37(29)35(25)26)40(46)43(39)33-11-3-7-21-5-1-9-23(21)33;8*1-3-4-2;1-9-13(8)15(12(6)7)14(10(2)3)11(4)5;;;/h1-4,7-19H,5-6H2;1-4,7-13,15,17-20H,5-6H2;8*1,3-4H2,2H3;;;;. The van der Waals surface area contributed by atoms with E-state index < -0.39 is 96.2 Å². The van der Waals surface area contributed by atoms with E-state index in [4.69, 9.17) is 61.9 Å². The Morgan fingerprint density at radius 2 is 0.558 bits per heavy atom. The summed E-state index contributed by atoms with van der Waals surface area (Å²) in [7, 11) is 45.8. The number of rotatable bonds is 34. The van der Waals surface area contributed by atoms with Crippen molar-refractivity contribution in [3.05, 3.63) is 269 Å². The monoisotopic (exact) mass is 2290 g/mol. The third-order valence-corrected chi connectivity index (χ3v) is 66.2. The van der Waals surface area contributed by atoms with Gasteiger partial charge in [-0.1, -0.05) is 82.7 Å². The van der Waals surface area contributed by atoms with Gasteiger partial charge in [0.2, 0.25) is 0 Å². The van der Waals surface area contributed by atoms with Crippen LogP contribution in [0.1, 0.15) is 285 Å². The van der Waals surface area contributed by atoms with Crippen molar-refractivity contribution in [2.24, 2.45) is 0 Å². The number of carbonyl (C=O) groups is 8. The summed E-state index contributed by atoms with van der Waals surface area (Å²) in [5.41, 5.74) is 14.6. The number of halogens is 1. The van der Waals surface area contributed by atoms with Gasteiger partial charge in [-0.3, -0.25) is 19.2 Å². The first-order valence-electron chi connectivity index (χ1n) is 53.7. The summed E-state index contributed by atoms with van der Waals surface area (Å²) >= 11 is -1.65. The summed E-state index contributed by atoms with van der Waals surface area (Å²) < 4.78 is 15.5. The largest absolute Gasteiger partial charge is 0.268 e. The number of unbranched alkanes of at least 4 members (excludes halogenated alkanes) is 8. The van der Waals surface area contributed by atoms with Crippen LogP contribution in [0.4, 0.5) is 22.7 Å². The number of amides is 8. The first kappa shape index (κ1) is 106. The first-order chi connectivity index (χ1) is 71.3. The molecule has 19 radical (unpaired) electrons. The van der Waals surface area contributed by atoms with Gasteiger partial charge in [0.15, 0.2) is 0 Å². The minimum Gasteiger partial charge on any atom is -0.268 e. The van der Waals surface area contributed by atoms with E-state index in [0.717, 1.165) is 180 Å². The zero-order valence-electron chi connectivity index (χ0n) is 85.9. The van der Waals surface area contributed by atoms with E-state index in [0.29, 0.717) is 82.5 Å². The fourth-order valence-corrected chi connectivity index (χ4v) is 61.2. The zero-order chi connectivity index (χ0) is 103. The van der Waals surface area contributed by atoms with Gasteiger partial charge >= 0.3 is 520 Å². The second kappa shape index (κ2) is 45.5. The summed E-state index contributed by atoms with van der Waals surface area (Å²) in [4.78, 5) is 122. The van der Waals surface area contributed by atoms with E-state index in [2.05, 4.69) is 120 Å². The molecule has 23 rings (SSSR count). The molecule has 14 aromatic rings. The van der Waals surface area contributed by atoms with Crippen LogP contribution in [-0.4, -0.2) is 212 Å². The van der Waals surface area contributed by atoms with Crippen molar-refractivity contribution in [3.8, 4) is 0 Å². The second-order valence-electron chi connectivity index (χ2n) is 41.5. The molecule has 9 aliphatic rings. The average Bonchev–Trinajstić information content (AvgIpc) is 1.50. The summed E-state index contributed by atoms with van der Waals surface area (Å²) in [6.45, 7) is 18.5. The molecule has 0 unspecified atom stereocenters. The Labute approximate surface area is 906 Å². The predicted molar refractivity (Wildman–Crippen MR) is 645 cm³/mol. The maximum atomic E-state index is 15.1. The van der Waals surface area contributed by atoms with Crippen LogP contribution in [0, 0.1) is 0 Å². The van der Waals surface area contributed by atoms with Crippen LogP contribution >= 0.6 is 15.9 Å². The van der Waals surface area contributed by atoms with E-state index in [1.165, 1.54) is 111 Å². The Kier molecular flexibility index (Phi) is 33.0. The van der Waals surface area contributed by atoms with Gasteiger partial charge in [0.05, 0.1) is 16.9 Å². The van der Waals surface area contributed by atoms with E-state index in [-0.39, 0.29) is 47.3 Å². The van der Waals surface area contributed by atoms with Crippen molar-refractivity contribution in [1.29, 1.82) is 0 Å². The van der Waals surface area contributed by atoms with Crippen LogP contribution in [0.2, 0.25) is 35.5 Å². The molecule has 0 fully saturated rings. The van der Waals surface area contributed by atoms with Crippen LogP contribution < -0.4 is 26.8 Å². The van der Waals surface area contributed by atoms with Gasteiger partial charge in [-0.25, -0.2) is 9.80 Å². The maximum Gasteiger partial charge on any atom is 0.266 e. The summed E-state index contributed by atoms with van der Waals surface area (Å²) in [5, 5.41) is 13.9. The predicted octanol–water partition coefficient (Wildman–Crippen LogP) is 23.2. The van der Waals surface area contributed by atoms with Crippen molar-refractivity contribution in [3.63, 3.8) is 0 Å². The molecule has 4 aliphatic carbocycles. The van der Waals surface area contributed by atoms with Crippen LogP contribution in [0.3, 0.4) is 0 Å². The normalized spacial score (nSPS) is 14.8. The van der Waals surface area contributed by atoms with Crippen molar-refractivity contribution in [2.75, 3.05) is 19.6 Å². The Morgan fingerprint density at radius 1 is 0.299 bits per heavy atom. The number of hydrogen-bond donors (Lipinski definition) is 0. The van der Waals surface area contributed by atoms with Gasteiger partial charge in [-0.05, 0) is 81.9 Å². The van der Waals surface area contributed by atoms with E-state index >= 15 is 9.59 Å². The van der Waals surface area contributed by atoms with Crippen molar-refractivity contribution in [1.82, 2.24) is 0 Å². The molecule has 31 heteroatoms. The van der Waals surface area contributed by atoms with E-state index in [9.17, 15) is 28.8 Å². The van der Waals surface area contributed by atoms with Crippen molar-refractivity contribution >= 4 is 369 Å². The molecular formula is C116H113B15BrN4O8Sn3. The number of hydrogen-bond acceptors (Lipinski definition) is 8. The van der Waals surface area contributed by atoms with Gasteiger partial charge in [0.25, 0.3) is 23.6 Å². The number of nitrogens with zero attached hydrogens (tertiary/aromatic N) is 4. The quantitative estimate of drug-likeness (QED) is 0.0167. The molecule has 0 saturated heterocycles. The molecule has 8 amide bonds. The maximum absolute atomic E-state index is 15.1. The summed E-state index contributed by atoms with van der Waals surface area (Å²) in [6, 6.07) is 48.7. The molecule has 14 aromatic carbocycles. The smallest absolute Gasteiger partial charge is 0.266 e. The zero-order valence-corrected chi connectivity index (χ0v) is 96.1. The van der Waals surface area contributed by atoms with Crippen LogP contribution in [-0.2, 0) is 25.7 Å². The molecule has 0 N–H and O–H groups in total. The molecule has 12 nitrogen and oxygen atoms in total. The van der Waals surface area contributed by atoms with Gasteiger partial charge in [0, 0.05) is 161 Å². The fraction of sp³-hybridized carbons (Fsp3) is 0.310. The summed E-state index contributed by atoms with van der Waals surface area (Å²) in [6.07, 6.45) is 37.5. The Morgan fingerprint density at radius 3 is 0.837 bits per heavy atom. The van der Waals surface area contributed by atoms with Gasteiger partial charge in [-0.15, -0.1) is 0 Å². The third-order valence-electron chi connectivity index (χ3n) is 32.4. The molecular weight excluding hydrogens is 2180 g/mol. The van der Waals surface area contributed by atoms with Crippen LogP contribution in [0.25, 0.3) is 110 Å². The van der Waals surface area contributed by atoms with Gasteiger partial charge in [-0.2, -0.15) is 0 Å². The number of carbonyl (C=O) groups excluding carboxylic acids is 8. The Bertz CT molecular complexity index is 7510. The molecule has 0 atom stereocenters. The number of allylic oxidation sites excluding steroid dienone is 4. The minimum absolute atomic E-state index is 0.269. The number of benzene rings is 14. The molecule has 0 saturated carbocycles. The topological polar surface area (TPSA) is 150 Å².